The van der Waals surface area contributed by atoms with Crippen molar-refractivity contribution in [3.8, 4) is 0 Å². The van der Waals surface area contributed by atoms with E-state index in [0.29, 0.717) is 10.6 Å². The van der Waals surface area contributed by atoms with E-state index in [1.165, 1.54) is 18.4 Å². The fraction of sp³-hybridized carbons (Fsp3) is 0.231. The van der Waals surface area contributed by atoms with Crippen LogP contribution < -0.4 is 0 Å². The predicted octanol–water partition coefficient (Wildman–Crippen LogP) is 3.79. The van der Waals surface area contributed by atoms with Crippen LogP contribution in [0.4, 0.5) is 0 Å². The Labute approximate surface area is 106 Å². The molecule has 1 aromatic heterocycles. The third kappa shape index (κ3) is 4.36. The molecular formula is C13H17NO2S. The van der Waals surface area contributed by atoms with Gasteiger partial charge in [0.25, 0.3) is 0 Å². The second-order valence-corrected chi connectivity index (χ2v) is 3.55. The molecule has 17 heavy (non-hydrogen) atoms. The first-order valence-electron chi connectivity index (χ1n) is 5.19. The zero-order chi connectivity index (χ0) is 13.3. The predicted molar refractivity (Wildman–Crippen MR) is 74.7 cm³/mol. The summed E-state index contributed by atoms with van der Waals surface area (Å²) in [4.78, 5) is 15.6. The molecule has 1 rings (SSSR count). The van der Waals surface area contributed by atoms with Gasteiger partial charge in [0, 0.05) is 10.9 Å². The smallest absolute Gasteiger partial charge is 0.348 e. The van der Waals surface area contributed by atoms with Gasteiger partial charge in [0.2, 0.25) is 0 Å². The van der Waals surface area contributed by atoms with E-state index < -0.39 is 0 Å². The number of nitrogens with zero attached hydrogens (tertiary/aromatic N) is 1. The van der Waals surface area contributed by atoms with Crippen LogP contribution in [0.25, 0.3) is 5.70 Å². The fourth-order valence-corrected chi connectivity index (χ4v) is 1.85. The van der Waals surface area contributed by atoms with Crippen LogP contribution in [0.1, 0.15) is 29.1 Å². The molecule has 0 aliphatic rings. The van der Waals surface area contributed by atoms with Gasteiger partial charge in [-0.1, -0.05) is 26.5 Å². The first kappa shape index (κ1) is 15.3. The van der Waals surface area contributed by atoms with Crippen LogP contribution in [0, 0.1) is 0 Å². The Kier molecular flexibility index (Phi) is 7.63. The lowest BCUT2D eigenvalue weighted by Crippen LogP contribution is -1.97. The maximum atomic E-state index is 11.2. The number of thiophene rings is 1. The minimum atomic E-state index is -0.340. The summed E-state index contributed by atoms with van der Waals surface area (Å²) < 4.78 is 4.61. The van der Waals surface area contributed by atoms with Crippen LogP contribution in [0.2, 0.25) is 0 Å². The van der Waals surface area contributed by atoms with Gasteiger partial charge in [-0.05, 0) is 18.9 Å². The lowest BCUT2D eigenvalue weighted by molar-refractivity contribution is 0.0606. The summed E-state index contributed by atoms with van der Waals surface area (Å²) in [5, 5.41) is 1.83. The second kappa shape index (κ2) is 8.47. The van der Waals surface area contributed by atoms with Crippen molar-refractivity contribution in [1.29, 1.82) is 0 Å². The SMILES string of the molecule is C=C/C=C(\N=C)c1csc(C(=O)OC)c1.CC. The molecule has 0 radical (unpaired) electrons. The highest BCUT2D eigenvalue weighted by molar-refractivity contribution is 7.12. The van der Waals surface area contributed by atoms with Crippen molar-refractivity contribution in [1.82, 2.24) is 0 Å². The minimum Gasteiger partial charge on any atom is -0.465 e. The Bertz CT molecular complexity index is 419. The summed E-state index contributed by atoms with van der Waals surface area (Å²) in [6.45, 7) is 11.0. The number of aliphatic imine (C=N–C) groups is 1. The van der Waals surface area contributed by atoms with Gasteiger partial charge >= 0.3 is 5.97 Å². The Morgan fingerprint density at radius 1 is 1.53 bits per heavy atom. The van der Waals surface area contributed by atoms with Gasteiger partial charge in [-0.2, -0.15) is 0 Å². The van der Waals surface area contributed by atoms with Gasteiger partial charge < -0.3 is 4.74 Å². The summed E-state index contributed by atoms with van der Waals surface area (Å²) >= 11 is 1.31. The van der Waals surface area contributed by atoms with Gasteiger partial charge in [0.05, 0.1) is 12.8 Å². The molecule has 0 aliphatic carbocycles. The molecule has 0 atom stereocenters. The Morgan fingerprint density at radius 2 is 2.18 bits per heavy atom. The average Bonchev–Trinajstić information content (AvgIpc) is 2.86. The standard InChI is InChI=1S/C11H11NO2S.C2H6/c1-4-5-9(12-2)8-6-10(15-7-8)11(13)14-3;1-2/h4-7H,1-2H2,3H3;1-2H3/b9-5-;. The van der Waals surface area contributed by atoms with Crippen molar-refractivity contribution < 1.29 is 9.53 Å². The summed E-state index contributed by atoms with van der Waals surface area (Å²) in [5.41, 5.74) is 1.53. The zero-order valence-corrected chi connectivity index (χ0v) is 11.2. The lowest BCUT2D eigenvalue weighted by Gasteiger charge is -1.94. The number of ether oxygens (including phenoxy) is 1. The molecule has 3 nitrogen and oxygen atoms in total. The van der Waals surface area contributed by atoms with Gasteiger partial charge in [0.1, 0.15) is 4.88 Å². The number of hydrogen-bond acceptors (Lipinski definition) is 4. The molecule has 1 aromatic rings. The quantitative estimate of drug-likeness (QED) is 0.464. The average molecular weight is 251 g/mol. The van der Waals surface area contributed by atoms with Crippen molar-refractivity contribution in [2.75, 3.05) is 7.11 Å². The normalized spacial score (nSPS) is 9.94. The molecule has 0 N–H and O–H groups in total. The van der Waals surface area contributed by atoms with Gasteiger partial charge in [-0.25, -0.2) is 4.79 Å². The third-order valence-electron chi connectivity index (χ3n) is 1.73. The van der Waals surface area contributed by atoms with Crippen LogP contribution in [-0.2, 0) is 4.74 Å². The highest BCUT2D eigenvalue weighted by atomic mass is 32.1. The molecule has 0 aromatic carbocycles. The summed E-state index contributed by atoms with van der Waals surface area (Å²) in [5.74, 6) is -0.340. The topological polar surface area (TPSA) is 38.7 Å². The molecule has 0 saturated heterocycles. The number of esters is 1. The molecular weight excluding hydrogens is 234 g/mol. The maximum Gasteiger partial charge on any atom is 0.348 e. The van der Waals surface area contributed by atoms with Gasteiger partial charge in [-0.3, -0.25) is 4.99 Å². The molecule has 0 saturated carbocycles. The van der Waals surface area contributed by atoms with Gasteiger partial charge in [-0.15, -0.1) is 11.3 Å². The number of methoxy groups -OCH3 is 1. The van der Waals surface area contributed by atoms with E-state index in [1.807, 2.05) is 19.2 Å². The number of hydrogen-bond donors (Lipinski definition) is 0. The third-order valence-corrected chi connectivity index (χ3v) is 2.64. The first-order valence-corrected chi connectivity index (χ1v) is 6.07. The Balaban J connectivity index is 0.00000121. The lowest BCUT2D eigenvalue weighted by atomic mass is 10.2. The van der Waals surface area contributed by atoms with Crippen molar-refractivity contribution in [3.63, 3.8) is 0 Å². The highest BCUT2D eigenvalue weighted by Crippen LogP contribution is 2.23. The molecule has 0 amide bonds. The van der Waals surface area contributed by atoms with Crippen LogP contribution in [0.5, 0.6) is 0 Å². The van der Waals surface area contributed by atoms with Crippen LogP contribution in [0.3, 0.4) is 0 Å². The Hall–Kier alpha value is -1.68. The van der Waals surface area contributed by atoms with Crippen molar-refractivity contribution in [3.05, 3.63) is 40.6 Å². The number of rotatable bonds is 4. The summed E-state index contributed by atoms with van der Waals surface area (Å²) in [7, 11) is 1.36. The molecule has 0 bridgehead atoms. The minimum absolute atomic E-state index is 0.340. The summed E-state index contributed by atoms with van der Waals surface area (Å²) in [6, 6.07) is 1.72. The van der Waals surface area contributed by atoms with E-state index in [0.717, 1.165) is 5.56 Å². The van der Waals surface area contributed by atoms with Crippen molar-refractivity contribution >= 4 is 29.7 Å². The second-order valence-electron chi connectivity index (χ2n) is 2.64. The fourth-order valence-electron chi connectivity index (χ4n) is 1.03. The van der Waals surface area contributed by atoms with E-state index >= 15 is 0 Å². The zero-order valence-electron chi connectivity index (χ0n) is 10.4. The van der Waals surface area contributed by atoms with Crippen molar-refractivity contribution in [2.24, 2.45) is 4.99 Å². The monoisotopic (exact) mass is 251 g/mol. The highest BCUT2D eigenvalue weighted by Gasteiger charge is 2.10. The number of allylic oxidation sites excluding steroid dienone is 2. The maximum absolute atomic E-state index is 11.2. The van der Waals surface area contributed by atoms with Crippen molar-refractivity contribution in [2.45, 2.75) is 13.8 Å². The van der Waals surface area contributed by atoms with Crippen LogP contribution in [-0.4, -0.2) is 19.8 Å². The van der Waals surface area contributed by atoms with Gasteiger partial charge in [0.15, 0.2) is 0 Å². The largest absolute Gasteiger partial charge is 0.465 e. The first-order chi connectivity index (χ1) is 8.22. The molecule has 0 aliphatic heterocycles. The number of carbonyl (C=O) groups excluding carboxylic acids is 1. The van der Waals surface area contributed by atoms with E-state index in [4.69, 9.17) is 0 Å². The molecule has 0 spiro atoms. The van der Waals surface area contributed by atoms with E-state index in [-0.39, 0.29) is 5.97 Å². The number of carbonyl (C=O) groups is 1. The molecule has 92 valence electrons. The van der Waals surface area contributed by atoms with Crippen LogP contribution in [0.15, 0.2) is 35.2 Å². The molecule has 0 fully saturated rings. The molecule has 0 unspecified atom stereocenters. The molecule has 1 heterocycles. The van der Waals surface area contributed by atoms with E-state index in [9.17, 15) is 4.79 Å². The summed E-state index contributed by atoms with van der Waals surface area (Å²) in [6.07, 6.45) is 3.36. The van der Waals surface area contributed by atoms with E-state index in [2.05, 4.69) is 23.0 Å². The molecule has 4 heteroatoms. The van der Waals surface area contributed by atoms with Crippen LogP contribution >= 0.6 is 11.3 Å². The van der Waals surface area contributed by atoms with E-state index in [1.54, 1.807) is 18.2 Å². The Morgan fingerprint density at radius 3 is 2.65 bits per heavy atom.